The van der Waals surface area contributed by atoms with Gasteiger partial charge in [0.2, 0.25) is 0 Å². The summed E-state index contributed by atoms with van der Waals surface area (Å²) in [6, 6.07) is 11.9. The number of amides is 2. The Hall–Kier alpha value is -3.02. The third-order valence-corrected chi connectivity index (χ3v) is 5.10. The summed E-state index contributed by atoms with van der Waals surface area (Å²) in [5.41, 5.74) is 4.08. The fraction of sp³-hybridized carbons (Fsp3) is 0.300. The number of hydrogen-bond acceptors (Lipinski definition) is 2. The Kier molecular flexibility index (Phi) is 4.48. The molecular weight excluding hydrogens is 326 g/mol. The van der Waals surface area contributed by atoms with Crippen LogP contribution in [0.4, 0.5) is 10.5 Å². The van der Waals surface area contributed by atoms with Gasteiger partial charge in [-0.05, 0) is 55.7 Å². The molecule has 2 amide bonds. The summed E-state index contributed by atoms with van der Waals surface area (Å²) in [5.74, 6) is 0.323. The van der Waals surface area contributed by atoms with Gasteiger partial charge < -0.3 is 14.8 Å². The number of aromatic nitrogens is 3. The molecule has 0 aliphatic carbocycles. The van der Waals surface area contributed by atoms with Crippen molar-refractivity contribution < 1.29 is 4.79 Å². The van der Waals surface area contributed by atoms with E-state index in [1.807, 2.05) is 54.5 Å². The maximum atomic E-state index is 12.8. The van der Waals surface area contributed by atoms with Crippen LogP contribution in [0.1, 0.15) is 30.0 Å². The number of benzene rings is 1. The van der Waals surface area contributed by atoms with Crippen LogP contribution in [-0.4, -0.2) is 38.8 Å². The molecule has 0 spiro atoms. The second-order valence-corrected chi connectivity index (χ2v) is 6.77. The smallest absolute Gasteiger partial charge is 0.321 e. The molecule has 4 rings (SSSR count). The van der Waals surface area contributed by atoms with Gasteiger partial charge in [-0.2, -0.15) is 5.10 Å². The number of carbonyl (C=O) groups excluding carboxylic acids is 1. The number of nitrogens with zero attached hydrogens (tertiary/aromatic N) is 3. The van der Waals surface area contributed by atoms with E-state index in [-0.39, 0.29) is 6.03 Å². The molecule has 1 fully saturated rings. The first kappa shape index (κ1) is 16.4. The fourth-order valence-corrected chi connectivity index (χ4v) is 3.64. The van der Waals surface area contributed by atoms with Crippen molar-refractivity contribution >= 4 is 11.7 Å². The monoisotopic (exact) mass is 349 g/mol. The van der Waals surface area contributed by atoms with Crippen molar-refractivity contribution in [2.45, 2.75) is 25.7 Å². The van der Waals surface area contributed by atoms with Gasteiger partial charge in [-0.1, -0.05) is 6.07 Å². The second kappa shape index (κ2) is 7.07. The van der Waals surface area contributed by atoms with E-state index < -0.39 is 0 Å². The van der Waals surface area contributed by atoms with E-state index in [1.165, 1.54) is 0 Å². The highest BCUT2D eigenvalue weighted by Gasteiger charge is 2.25. The fourth-order valence-electron chi connectivity index (χ4n) is 3.64. The van der Waals surface area contributed by atoms with E-state index in [0.29, 0.717) is 12.5 Å². The van der Waals surface area contributed by atoms with Crippen LogP contribution in [0.15, 0.2) is 55.0 Å². The topological polar surface area (TPSA) is 66.0 Å². The highest BCUT2D eigenvalue weighted by molar-refractivity contribution is 5.90. The maximum Gasteiger partial charge on any atom is 0.321 e. The molecule has 2 N–H and O–H groups in total. The molecule has 1 saturated heterocycles. The van der Waals surface area contributed by atoms with E-state index in [9.17, 15) is 4.79 Å². The predicted molar refractivity (Wildman–Crippen MR) is 102 cm³/mol. The quantitative estimate of drug-likeness (QED) is 0.753. The zero-order chi connectivity index (χ0) is 17.9. The van der Waals surface area contributed by atoms with Crippen molar-refractivity contribution in [2.24, 2.45) is 0 Å². The third kappa shape index (κ3) is 3.22. The molecule has 0 radical (unpaired) electrons. The van der Waals surface area contributed by atoms with Crippen LogP contribution in [-0.2, 0) is 0 Å². The van der Waals surface area contributed by atoms with Crippen LogP contribution in [0.2, 0.25) is 0 Å². The molecule has 6 heteroatoms. The minimum Gasteiger partial charge on any atom is -0.324 e. The first-order valence-electron chi connectivity index (χ1n) is 9.00. The normalized spacial score (nSPS) is 17.3. The maximum absolute atomic E-state index is 12.8. The Morgan fingerprint density at radius 3 is 2.85 bits per heavy atom. The third-order valence-electron chi connectivity index (χ3n) is 5.10. The van der Waals surface area contributed by atoms with Gasteiger partial charge in [0.25, 0.3) is 0 Å². The second-order valence-electron chi connectivity index (χ2n) is 6.77. The predicted octanol–water partition coefficient (Wildman–Crippen LogP) is 3.92. The lowest BCUT2D eigenvalue weighted by Crippen LogP contribution is -2.41. The molecule has 134 valence electrons. The summed E-state index contributed by atoms with van der Waals surface area (Å²) in [6.45, 7) is 3.53. The SMILES string of the molecule is Cc1c(NC(=O)N2CCC[C@H](c3ccn[nH]3)C2)cccc1-n1cccc1. The molecule has 1 aliphatic rings. The van der Waals surface area contributed by atoms with Gasteiger partial charge >= 0.3 is 6.03 Å². The van der Waals surface area contributed by atoms with Crippen molar-refractivity contribution in [1.82, 2.24) is 19.7 Å². The molecule has 1 atom stereocenters. The van der Waals surface area contributed by atoms with E-state index in [1.54, 1.807) is 6.20 Å². The van der Waals surface area contributed by atoms with Gasteiger partial charge in [0.05, 0.1) is 0 Å². The zero-order valence-electron chi connectivity index (χ0n) is 14.9. The van der Waals surface area contributed by atoms with Gasteiger partial charge in [0, 0.05) is 54.7 Å². The summed E-state index contributed by atoms with van der Waals surface area (Å²) < 4.78 is 2.06. The largest absolute Gasteiger partial charge is 0.324 e. The van der Waals surface area contributed by atoms with Gasteiger partial charge in [0.15, 0.2) is 0 Å². The molecule has 1 aliphatic heterocycles. The molecule has 3 heterocycles. The molecule has 6 nitrogen and oxygen atoms in total. The summed E-state index contributed by atoms with van der Waals surface area (Å²) in [4.78, 5) is 14.7. The van der Waals surface area contributed by atoms with E-state index in [0.717, 1.165) is 42.0 Å². The lowest BCUT2D eigenvalue weighted by molar-refractivity contribution is 0.192. The molecule has 2 aromatic heterocycles. The number of urea groups is 1. The summed E-state index contributed by atoms with van der Waals surface area (Å²) in [5, 5.41) is 10.2. The first-order chi connectivity index (χ1) is 12.7. The van der Waals surface area contributed by atoms with Crippen molar-refractivity contribution in [3.05, 3.63) is 66.2 Å². The number of anilines is 1. The highest BCUT2D eigenvalue weighted by Crippen LogP contribution is 2.27. The Labute approximate surface area is 152 Å². The van der Waals surface area contributed by atoms with Crippen LogP contribution in [0.25, 0.3) is 5.69 Å². The van der Waals surface area contributed by atoms with E-state index in [4.69, 9.17) is 0 Å². The van der Waals surface area contributed by atoms with Crippen LogP contribution in [0.5, 0.6) is 0 Å². The number of nitrogens with one attached hydrogen (secondary N) is 2. The number of likely N-dealkylation sites (tertiary alicyclic amines) is 1. The van der Waals surface area contributed by atoms with Crippen molar-refractivity contribution in [3.63, 3.8) is 0 Å². The van der Waals surface area contributed by atoms with Crippen molar-refractivity contribution in [1.29, 1.82) is 0 Å². The summed E-state index contributed by atoms with van der Waals surface area (Å²) >= 11 is 0. The molecule has 0 saturated carbocycles. The van der Waals surface area contributed by atoms with Gasteiger partial charge in [-0.15, -0.1) is 0 Å². The highest BCUT2D eigenvalue weighted by atomic mass is 16.2. The summed E-state index contributed by atoms with van der Waals surface area (Å²) in [7, 11) is 0. The Bertz CT molecular complexity index is 870. The molecule has 3 aromatic rings. The molecule has 26 heavy (non-hydrogen) atoms. The lowest BCUT2D eigenvalue weighted by Gasteiger charge is -2.32. The lowest BCUT2D eigenvalue weighted by atomic mass is 9.95. The first-order valence-corrected chi connectivity index (χ1v) is 9.00. The van der Waals surface area contributed by atoms with Gasteiger partial charge in [-0.25, -0.2) is 4.79 Å². The number of piperidine rings is 1. The van der Waals surface area contributed by atoms with Crippen LogP contribution in [0.3, 0.4) is 0 Å². The average Bonchev–Trinajstić information content (AvgIpc) is 3.37. The molecule has 0 unspecified atom stereocenters. The number of rotatable bonds is 3. The Morgan fingerprint density at radius 1 is 1.23 bits per heavy atom. The standard InChI is InChI=1S/C20H23N5O/c1-15-17(7-4-8-19(15)24-11-2-3-12-24)22-20(26)25-13-5-6-16(14-25)18-9-10-21-23-18/h2-4,7-12,16H,5-6,13-14H2,1H3,(H,21,23)(H,22,26)/t16-/m0/s1. The number of aromatic amines is 1. The van der Waals surface area contributed by atoms with Gasteiger partial charge in [0.1, 0.15) is 0 Å². The number of H-pyrrole nitrogens is 1. The van der Waals surface area contributed by atoms with Crippen molar-refractivity contribution in [2.75, 3.05) is 18.4 Å². The Balaban J connectivity index is 1.49. The number of hydrogen-bond donors (Lipinski definition) is 2. The zero-order valence-corrected chi connectivity index (χ0v) is 14.9. The van der Waals surface area contributed by atoms with E-state index >= 15 is 0 Å². The Morgan fingerprint density at radius 2 is 2.08 bits per heavy atom. The molecular formula is C20H23N5O. The minimum atomic E-state index is -0.0398. The van der Waals surface area contributed by atoms with Crippen LogP contribution in [0, 0.1) is 6.92 Å². The number of carbonyl (C=O) groups is 1. The minimum absolute atomic E-state index is 0.0398. The molecule has 0 bridgehead atoms. The van der Waals surface area contributed by atoms with Gasteiger partial charge in [-0.3, -0.25) is 5.10 Å². The average molecular weight is 349 g/mol. The summed E-state index contributed by atoms with van der Waals surface area (Å²) in [6.07, 6.45) is 7.86. The van der Waals surface area contributed by atoms with Crippen LogP contribution < -0.4 is 5.32 Å². The van der Waals surface area contributed by atoms with Crippen molar-refractivity contribution in [3.8, 4) is 5.69 Å². The van der Waals surface area contributed by atoms with E-state index in [2.05, 4.69) is 26.1 Å². The molecule has 1 aromatic carbocycles. The van der Waals surface area contributed by atoms with Crippen LogP contribution >= 0.6 is 0 Å².